The summed E-state index contributed by atoms with van der Waals surface area (Å²) >= 11 is 0. The average molecular weight is 279 g/mol. The van der Waals surface area contributed by atoms with E-state index in [2.05, 4.69) is 10.2 Å². The second-order valence-electron chi connectivity index (χ2n) is 6.05. The maximum Gasteiger partial charge on any atom is 0.330 e. The summed E-state index contributed by atoms with van der Waals surface area (Å²) in [7, 11) is 0. The minimum Gasteiger partial charge on any atom is -0.302 e. The molecule has 6 nitrogen and oxygen atoms in total. The molecule has 1 N–H and O–H groups in total. The Morgan fingerprint density at radius 3 is 2.25 bits per heavy atom. The summed E-state index contributed by atoms with van der Waals surface area (Å²) in [5.41, 5.74) is -0.935. The molecule has 0 aromatic rings. The van der Waals surface area contributed by atoms with Gasteiger partial charge in [0.1, 0.15) is 5.41 Å². The molecule has 0 radical (unpaired) electrons. The van der Waals surface area contributed by atoms with E-state index in [1.54, 1.807) is 0 Å². The molecule has 1 aliphatic carbocycles. The van der Waals surface area contributed by atoms with Crippen LogP contribution in [0.25, 0.3) is 0 Å². The number of imide groups is 2. The molecule has 0 aromatic carbocycles. The normalized spacial score (nSPS) is 26.6. The zero-order valence-corrected chi connectivity index (χ0v) is 11.7. The van der Waals surface area contributed by atoms with Crippen LogP contribution in [0.4, 0.5) is 4.79 Å². The van der Waals surface area contributed by atoms with E-state index in [1.807, 2.05) is 0 Å². The third kappa shape index (κ3) is 2.12. The summed E-state index contributed by atoms with van der Waals surface area (Å²) in [6, 6.07) is -0.547. The first-order valence-electron chi connectivity index (χ1n) is 7.53. The summed E-state index contributed by atoms with van der Waals surface area (Å²) < 4.78 is 0. The molecule has 0 aromatic heterocycles. The number of barbiturate groups is 1. The molecule has 20 heavy (non-hydrogen) atoms. The largest absolute Gasteiger partial charge is 0.330 e. The van der Waals surface area contributed by atoms with Crippen LogP contribution in [0.5, 0.6) is 0 Å². The van der Waals surface area contributed by atoms with Crippen LogP contribution in [0, 0.1) is 5.41 Å². The standard InChI is InChI=1S/C14H21N3O3/c18-11-14(5-4-6-14)12(19)17(13(20)15-11)10-9-16-7-2-1-3-8-16/h1-10H2,(H,15,18,20). The molecule has 4 amide bonds. The molecular weight excluding hydrogens is 258 g/mol. The van der Waals surface area contributed by atoms with Crippen LogP contribution in [0.1, 0.15) is 38.5 Å². The summed E-state index contributed by atoms with van der Waals surface area (Å²) in [4.78, 5) is 39.7. The predicted octanol–water partition coefficient (Wildman–Crippen LogP) is 0.721. The summed E-state index contributed by atoms with van der Waals surface area (Å²) in [6.07, 6.45) is 5.66. The highest BCUT2D eigenvalue weighted by molar-refractivity contribution is 6.19. The van der Waals surface area contributed by atoms with Gasteiger partial charge in [-0.15, -0.1) is 0 Å². The van der Waals surface area contributed by atoms with Gasteiger partial charge in [0.25, 0.3) is 0 Å². The lowest BCUT2D eigenvalue weighted by Gasteiger charge is -2.44. The molecule has 0 atom stereocenters. The number of rotatable bonds is 3. The number of likely N-dealkylation sites (tertiary alicyclic amines) is 1. The zero-order valence-electron chi connectivity index (χ0n) is 11.7. The molecule has 110 valence electrons. The Morgan fingerprint density at radius 2 is 1.65 bits per heavy atom. The van der Waals surface area contributed by atoms with Crippen LogP contribution in [0.2, 0.25) is 0 Å². The van der Waals surface area contributed by atoms with Crippen molar-refractivity contribution in [3.63, 3.8) is 0 Å². The van der Waals surface area contributed by atoms with Gasteiger partial charge >= 0.3 is 6.03 Å². The van der Waals surface area contributed by atoms with Crippen molar-refractivity contribution in [2.45, 2.75) is 38.5 Å². The monoisotopic (exact) mass is 279 g/mol. The Morgan fingerprint density at radius 1 is 0.950 bits per heavy atom. The number of amides is 4. The van der Waals surface area contributed by atoms with Crippen molar-refractivity contribution in [2.24, 2.45) is 5.41 Å². The Balaban J connectivity index is 1.63. The lowest BCUT2D eigenvalue weighted by atomic mass is 9.66. The van der Waals surface area contributed by atoms with E-state index < -0.39 is 17.4 Å². The Labute approximate surface area is 118 Å². The maximum absolute atomic E-state index is 12.4. The predicted molar refractivity (Wildman–Crippen MR) is 71.8 cm³/mol. The second-order valence-corrected chi connectivity index (χ2v) is 6.05. The number of urea groups is 1. The van der Waals surface area contributed by atoms with Gasteiger partial charge in [0.15, 0.2) is 0 Å². The van der Waals surface area contributed by atoms with Crippen molar-refractivity contribution in [2.75, 3.05) is 26.2 Å². The first kappa shape index (κ1) is 13.5. The lowest BCUT2D eigenvalue weighted by Crippen LogP contribution is -2.66. The van der Waals surface area contributed by atoms with Crippen molar-refractivity contribution in [1.29, 1.82) is 0 Å². The molecule has 0 unspecified atom stereocenters. The number of piperidine rings is 1. The van der Waals surface area contributed by atoms with Crippen molar-refractivity contribution in [3.05, 3.63) is 0 Å². The number of nitrogens with zero attached hydrogens (tertiary/aromatic N) is 2. The number of carbonyl (C=O) groups is 3. The van der Waals surface area contributed by atoms with E-state index in [9.17, 15) is 14.4 Å². The van der Waals surface area contributed by atoms with Crippen LogP contribution in [0.15, 0.2) is 0 Å². The SMILES string of the molecule is O=C1NC(=O)C2(CCC2)C(=O)N1CCN1CCCCC1. The molecule has 6 heteroatoms. The van der Waals surface area contributed by atoms with Crippen molar-refractivity contribution in [3.8, 4) is 0 Å². The molecule has 2 heterocycles. The minimum absolute atomic E-state index is 0.283. The van der Waals surface area contributed by atoms with Gasteiger partial charge in [-0.25, -0.2) is 4.79 Å². The fourth-order valence-corrected chi connectivity index (χ4v) is 3.33. The summed E-state index contributed by atoms with van der Waals surface area (Å²) in [5.74, 6) is -0.678. The van der Waals surface area contributed by atoms with Crippen molar-refractivity contribution in [1.82, 2.24) is 15.1 Å². The van der Waals surface area contributed by atoms with E-state index in [-0.39, 0.29) is 5.91 Å². The average Bonchev–Trinajstić information content (AvgIpc) is 2.37. The lowest BCUT2D eigenvalue weighted by molar-refractivity contribution is -0.157. The third-order valence-corrected chi connectivity index (χ3v) is 4.85. The number of nitrogens with one attached hydrogen (secondary N) is 1. The van der Waals surface area contributed by atoms with E-state index in [1.165, 1.54) is 24.2 Å². The van der Waals surface area contributed by atoms with E-state index >= 15 is 0 Å². The molecule has 2 saturated heterocycles. The van der Waals surface area contributed by atoms with Crippen LogP contribution in [-0.2, 0) is 9.59 Å². The Kier molecular flexibility index (Phi) is 3.50. The smallest absolute Gasteiger partial charge is 0.302 e. The van der Waals surface area contributed by atoms with E-state index in [0.717, 1.165) is 19.5 Å². The molecule has 0 bridgehead atoms. The Bertz CT molecular complexity index is 439. The highest BCUT2D eigenvalue weighted by atomic mass is 16.2. The number of carbonyl (C=O) groups excluding carboxylic acids is 3. The zero-order chi connectivity index (χ0) is 14.2. The Hall–Kier alpha value is -1.43. The van der Waals surface area contributed by atoms with Gasteiger partial charge in [-0.2, -0.15) is 0 Å². The minimum atomic E-state index is -0.935. The first-order chi connectivity index (χ1) is 9.63. The second kappa shape index (κ2) is 5.16. The van der Waals surface area contributed by atoms with Crippen LogP contribution >= 0.6 is 0 Å². The first-order valence-corrected chi connectivity index (χ1v) is 7.53. The molecule has 1 spiro atoms. The third-order valence-electron chi connectivity index (χ3n) is 4.85. The fraction of sp³-hybridized carbons (Fsp3) is 0.786. The maximum atomic E-state index is 12.4. The van der Waals surface area contributed by atoms with Gasteiger partial charge in [-0.1, -0.05) is 12.8 Å². The van der Waals surface area contributed by atoms with Gasteiger partial charge in [0.05, 0.1) is 0 Å². The molecule has 3 aliphatic rings. The molecule has 3 rings (SSSR count). The molecule has 3 fully saturated rings. The number of hydrogen-bond donors (Lipinski definition) is 1. The molecule has 1 saturated carbocycles. The van der Waals surface area contributed by atoms with E-state index in [0.29, 0.717) is 25.9 Å². The van der Waals surface area contributed by atoms with E-state index in [4.69, 9.17) is 0 Å². The van der Waals surface area contributed by atoms with Gasteiger partial charge in [0, 0.05) is 13.1 Å². The highest BCUT2D eigenvalue weighted by Crippen LogP contribution is 2.44. The van der Waals surface area contributed by atoms with Gasteiger partial charge < -0.3 is 4.90 Å². The fourth-order valence-electron chi connectivity index (χ4n) is 3.33. The quantitative estimate of drug-likeness (QED) is 0.773. The van der Waals surface area contributed by atoms with Crippen molar-refractivity contribution < 1.29 is 14.4 Å². The van der Waals surface area contributed by atoms with Crippen LogP contribution in [0.3, 0.4) is 0 Å². The van der Waals surface area contributed by atoms with Crippen LogP contribution < -0.4 is 5.32 Å². The van der Waals surface area contributed by atoms with Gasteiger partial charge in [0.2, 0.25) is 11.8 Å². The number of hydrogen-bond acceptors (Lipinski definition) is 4. The molecular formula is C14H21N3O3. The highest BCUT2D eigenvalue weighted by Gasteiger charge is 2.57. The van der Waals surface area contributed by atoms with Gasteiger partial charge in [-0.05, 0) is 38.8 Å². The summed E-state index contributed by atoms with van der Waals surface area (Å²) in [5, 5.41) is 2.35. The van der Waals surface area contributed by atoms with Crippen molar-refractivity contribution >= 4 is 17.8 Å². The topological polar surface area (TPSA) is 69.7 Å². The van der Waals surface area contributed by atoms with Crippen LogP contribution in [-0.4, -0.2) is 53.8 Å². The molecule has 2 aliphatic heterocycles. The summed E-state index contributed by atoms with van der Waals surface area (Å²) in [6.45, 7) is 3.17. The van der Waals surface area contributed by atoms with Gasteiger partial charge in [-0.3, -0.25) is 19.8 Å².